The van der Waals surface area contributed by atoms with Crippen LogP contribution in [0.2, 0.25) is 0 Å². The van der Waals surface area contributed by atoms with Crippen molar-refractivity contribution in [2.24, 2.45) is 0 Å². The molecule has 1 atom stereocenters. The predicted molar refractivity (Wildman–Crippen MR) is 106 cm³/mol. The van der Waals surface area contributed by atoms with Crippen molar-refractivity contribution in [1.29, 1.82) is 0 Å². The summed E-state index contributed by atoms with van der Waals surface area (Å²) in [6.45, 7) is 1.72. The van der Waals surface area contributed by atoms with Crippen molar-refractivity contribution in [3.63, 3.8) is 0 Å². The zero-order chi connectivity index (χ0) is 18.8. The number of benzene rings is 2. The van der Waals surface area contributed by atoms with Crippen molar-refractivity contribution >= 4 is 57.8 Å². The zero-order valence-corrected chi connectivity index (χ0v) is 18.9. The van der Waals surface area contributed by atoms with E-state index in [0.29, 0.717) is 26.7 Å². The molecule has 0 aromatic heterocycles. The Morgan fingerprint density at radius 1 is 1.12 bits per heavy atom. The van der Waals surface area contributed by atoms with Crippen LogP contribution in [0.4, 0.5) is 4.39 Å². The van der Waals surface area contributed by atoms with E-state index >= 15 is 0 Å². The van der Waals surface area contributed by atoms with Gasteiger partial charge in [-0.1, -0.05) is 15.9 Å². The van der Waals surface area contributed by atoms with E-state index in [9.17, 15) is 12.8 Å². The molecule has 0 saturated carbocycles. The van der Waals surface area contributed by atoms with Crippen LogP contribution in [0.25, 0.3) is 0 Å². The van der Waals surface area contributed by atoms with Gasteiger partial charge >= 0.3 is 0 Å². The summed E-state index contributed by atoms with van der Waals surface area (Å²) in [6, 6.07) is 7.17. The third-order valence-electron chi connectivity index (χ3n) is 3.30. The van der Waals surface area contributed by atoms with Crippen LogP contribution in [0.5, 0.6) is 5.75 Å². The molecular formula is C16H15Br3FNO3S. The molecule has 0 aliphatic rings. The SMILES string of the molecule is COc1cc(F)cc(CC(C)NS(=O)(=O)c2c(Br)cc(Br)cc2Br)c1. The average Bonchev–Trinajstić information content (AvgIpc) is 2.43. The van der Waals surface area contributed by atoms with Crippen LogP contribution in [0.15, 0.2) is 48.6 Å². The Kier molecular flexibility index (Phi) is 7.06. The Bertz CT molecular complexity index is 867. The lowest BCUT2D eigenvalue weighted by Gasteiger charge is -2.17. The number of rotatable bonds is 6. The second-order valence-corrected chi connectivity index (χ2v) is 9.70. The minimum atomic E-state index is -3.77. The van der Waals surface area contributed by atoms with Crippen LogP contribution in [-0.2, 0) is 16.4 Å². The van der Waals surface area contributed by atoms with Gasteiger partial charge in [-0.2, -0.15) is 0 Å². The summed E-state index contributed by atoms with van der Waals surface area (Å²) in [6.07, 6.45) is 0.319. The molecule has 9 heteroatoms. The van der Waals surface area contributed by atoms with Crippen molar-refractivity contribution in [2.75, 3.05) is 7.11 Å². The van der Waals surface area contributed by atoms with Gasteiger partial charge in [-0.25, -0.2) is 17.5 Å². The molecule has 0 spiro atoms. The lowest BCUT2D eigenvalue weighted by Crippen LogP contribution is -2.34. The van der Waals surface area contributed by atoms with E-state index in [0.717, 1.165) is 4.47 Å². The maximum atomic E-state index is 13.6. The summed E-state index contributed by atoms with van der Waals surface area (Å²) < 4.78 is 48.2. The van der Waals surface area contributed by atoms with Crippen LogP contribution < -0.4 is 9.46 Å². The molecule has 0 saturated heterocycles. The van der Waals surface area contributed by atoms with E-state index in [-0.39, 0.29) is 4.90 Å². The molecule has 0 fully saturated rings. The van der Waals surface area contributed by atoms with Crippen molar-refractivity contribution in [2.45, 2.75) is 24.3 Å². The highest BCUT2D eigenvalue weighted by Gasteiger charge is 2.24. The van der Waals surface area contributed by atoms with Gasteiger partial charge in [0.25, 0.3) is 0 Å². The first-order chi connectivity index (χ1) is 11.6. The van der Waals surface area contributed by atoms with Gasteiger partial charge in [0.2, 0.25) is 10.0 Å². The normalized spacial score (nSPS) is 12.9. The first-order valence-corrected chi connectivity index (χ1v) is 11.0. The molecule has 2 rings (SSSR count). The molecule has 136 valence electrons. The third-order valence-corrected chi connectivity index (χ3v) is 7.22. The van der Waals surface area contributed by atoms with Crippen LogP contribution in [0.3, 0.4) is 0 Å². The van der Waals surface area contributed by atoms with Gasteiger partial charge in [-0.15, -0.1) is 0 Å². The van der Waals surface area contributed by atoms with E-state index in [1.54, 1.807) is 25.1 Å². The monoisotopic (exact) mass is 557 g/mol. The first kappa shape index (κ1) is 20.8. The molecule has 2 aromatic carbocycles. The Morgan fingerprint density at radius 3 is 2.28 bits per heavy atom. The largest absolute Gasteiger partial charge is 0.497 e. The van der Waals surface area contributed by atoms with Crippen LogP contribution >= 0.6 is 47.8 Å². The van der Waals surface area contributed by atoms with E-state index < -0.39 is 21.9 Å². The molecule has 0 bridgehead atoms. The second kappa shape index (κ2) is 8.47. The van der Waals surface area contributed by atoms with Gasteiger partial charge in [0.05, 0.1) is 7.11 Å². The highest BCUT2D eigenvalue weighted by Crippen LogP contribution is 2.33. The first-order valence-electron chi connectivity index (χ1n) is 7.12. The number of nitrogens with one attached hydrogen (secondary N) is 1. The zero-order valence-electron chi connectivity index (χ0n) is 13.3. The van der Waals surface area contributed by atoms with E-state index in [1.165, 1.54) is 19.2 Å². The Hall–Kier alpha value is -0.480. The minimum absolute atomic E-state index is 0.111. The Balaban J connectivity index is 2.22. The molecule has 1 unspecified atom stereocenters. The molecule has 0 aliphatic heterocycles. The van der Waals surface area contributed by atoms with E-state index in [2.05, 4.69) is 52.5 Å². The topological polar surface area (TPSA) is 55.4 Å². The summed E-state index contributed by atoms with van der Waals surface area (Å²) in [5, 5.41) is 0. The molecule has 0 heterocycles. The maximum absolute atomic E-state index is 13.6. The van der Waals surface area contributed by atoms with E-state index in [4.69, 9.17) is 4.74 Å². The fraction of sp³-hybridized carbons (Fsp3) is 0.250. The van der Waals surface area contributed by atoms with Gasteiger partial charge in [-0.05, 0) is 75.0 Å². The van der Waals surface area contributed by atoms with Crippen LogP contribution in [0, 0.1) is 5.82 Å². The Morgan fingerprint density at radius 2 is 1.72 bits per heavy atom. The lowest BCUT2D eigenvalue weighted by atomic mass is 10.1. The lowest BCUT2D eigenvalue weighted by molar-refractivity contribution is 0.410. The maximum Gasteiger partial charge on any atom is 0.243 e. The van der Waals surface area contributed by atoms with Gasteiger partial charge in [-0.3, -0.25) is 0 Å². The van der Waals surface area contributed by atoms with Crippen LogP contribution in [-0.4, -0.2) is 21.6 Å². The summed E-state index contributed by atoms with van der Waals surface area (Å²) >= 11 is 9.85. The van der Waals surface area contributed by atoms with Crippen molar-refractivity contribution in [3.8, 4) is 5.75 Å². The molecule has 4 nitrogen and oxygen atoms in total. The van der Waals surface area contributed by atoms with Crippen molar-refractivity contribution in [1.82, 2.24) is 4.72 Å². The van der Waals surface area contributed by atoms with Crippen molar-refractivity contribution in [3.05, 3.63) is 55.1 Å². The number of ether oxygens (including phenoxy) is 1. The number of hydrogen-bond donors (Lipinski definition) is 1. The molecule has 25 heavy (non-hydrogen) atoms. The highest BCUT2D eigenvalue weighted by molar-refractivity contribution is 9.11. The van der Waals surface area contributed by atoms with Crippen LogP contribution in [0.1, 0.15) is 12.5 Å². The summed E-state index contributed by atoms with van der Waals surface area (Å²) in [5.41, 5.74) is 0.640. The van der Waals surface area contributed by atoms with Gasteiger partial charge < -0.3 is 4.74 Å². The van der Waals surface area contributed by atoms with Gasteiger partial charge in [0.1, 0.15) is 16.5 Å². The van der Waals surface area contributed by atoms with E-state index in [1.807, 2.05) is 0 Å². The number of hydrogen-bond acceptors (Lipinski definition) is 3. The summed E-state index contributed by atoms with van der Waals surface area (Å²) in [7, 11) is -2.32. The molecule has 0 radical (unpaired) electrons. The smallest absolute Gasteiger partial charge is 0.243 e. The minimum Gasteiger partial charge on any atom is -0.497 e. The third kappa shape index (κ3) is 5.50. The average molecular weight is 560 g/mol. The number of halogens is 4. The highest BCUT2D eigenvalue weighted by atomic mass is 79.9. The van der Waals surface area contributed by atoms with Gasteiger partial charge in [0.15, 0.2) is 0 Å². The molecule has 2 aromatic rings. The fourth-order valence-corrected chi connectivity index (χ4v) is 7.26. The molecule has 0 amide bonds. The molecule has 1 N–H and O–H groups in total. The summed E-state index contributed by atoms with van der Waals surface area (Å²) in [4.78, 5) is 0.111. The number of methoxy groups -OCH3 is 1. The van der Waals surface area contributed by atoms with Crippen molar-refractivity contribution < 1.29 is 17.5 Å². The standard InChI is InChI=1S/C16H15Br3FNO3S/c1-9(3-10-4-12(20)8-13(5-10)24-2)21-25(22,23)16-14(18)6-11(17)7-15(16)19/h4-9,21H,3H2,1-2H3. The van der Waals surface area contributed by atoms with Gasteiger partial charge in [0, 0.05) is 25.5 Å². The number of sulfonamides is 1. The second-order valence-electron chi connectivity index (χ2n) is 5.42. The molecule has 0 aliphatic carbocycles. The Labute approximate surface area is 171 Å². The quantitative estimate of drug-likeness (QED) is 0.540. The predicted octanol–water partition coefficient (Wildman–Crippen LogP) is 5.03. The fourth-order valence-electron chi connectivity index (χ4n) is 2.36. The summed E-state index contributed by atoms with van der Waals surface area (Å²) in [5.74, 6) is -0.0359. The molecular weight excluding hydrogens is 545 g/mol.